The highest BCUT2D eigenvalue weighted by Gasteiger charge is 2.33. The highest BCUT2D eigenvalue weighted by atomic mass is 16.5. The maximum atomic E-state index is 9.43. The Morgan fingerprint density at radius 1 is 1.42 bits per heavy atom. The van der Waals surface area contributed by atoms with Gasteiger partial charge in [-0.15, -0.1) is 0 Å². The third-order valence-electron chi connectivity index (χ3n) is 2.20. The van der Waals surface area contributed by atoms with Gasteiger partial charge in [-0.3, -0.25) is 0 Å². The minimum Gasteiger partial charge on any atom is -0.390 e. The number of quaternary nitrogens is 1. The van der Waals surface area contributed by atoms with Gasteiger partial charge in [-0.1, -0.05) is 0 Å². The van der Waals surface area contributed by atoms with Gasteiger partial charge in [0, 0.05) is 6.42 Å². The van der Waals surface area contributed by atoms with Gasteiger partial charge in [0.1, 0.15) is 12.6 Å². The molecular formula is C9H20NO2+. The first-order valence-corrected chi connectivity index (χ1v) is 4.52. The average Bonchev–Trinajstić information content (AvgIpc) is 2.07. The van der Waals surface area contributed by atoms with Crippen LogP contribution in [0.5, 0.6) is 0 Å². The molecule has 1 fully saturated rings. The van der Waals surface area contributed by atoms with E-state index < -0.39 is 0 Å². The van der Waals surface area contributed by atoms with Crippen molar-refractivity contribution in [2.45, 2.75) is 31.7 Å². The van der Waals surface area contributed by atoms with Crippen LogP contribution in [0.1, 0.15) is 13.3 Å². The Morgan fingerprint density at radius 2 is 2.00 bits per heavy atom. The largest absolute Gasteiger partial charge is 0.390 e. The fourth-order valence-corrected chi connectivity index (χ4v) is 1.64. The van der Waals surface area contributed by atoms with Crippen LogP contribution in [0, 0.1) is 0 Å². The maximum absolute atomic E-state index is 9.43. The van der Waals surface area contributed by atoms with Crippen molar-refractivity contribution < 1.29 is 14.3 Å². The van der Waals surface area contributed by atoms with E-state index in [2.05, 4.69) is 21.1 Å². The Bertz CT molecular complexity index is 143. The minimum atomic E-state index is -0.262. The second-order valence-electron chi connectivity index (χ2n) is 4.74. The van der Waals surface area contributed by atoms with E-state index in [9.17, 15) is 5.11 Å². The van der Waals surface area contributed by atoms with Crippen LogP contribution in [0.2, 0.25) is 0 Å². The van der Waals surface area contributed by atoms with Crippen LogP contribution in [0.15, 0.2) is 0 Å². The lowest BCUT2D eigenvalue weighted by atomic mass is 10.1. The first-order chi connectivity index (χ1) is 5.38. The third kappa shape index (κ3) is 2.73. The molecule has 0 bridgehead atoms. The van der Waals surface area contributed by atoms with Crippen LogP contribution in [0.3, 0.4) is 0 Å². The quantitative estimate of drug-likeness (QED) is 0.607. The summed E-state index contributed by atoms with van der Waals surface area (Å²) >= 11 is 0. The molecule has 1 N–H and O–H groups in total. The molecule has 0 aromatic rings. The Morgan fingerprint density at radius 3 is 2.33 bits per heavy atom. The maximum Gasteiger partial charge on any atom is 0.109 e. The van der Waals surface area contributed by atoms with E-state index in [1.54, 1.807) is 0 Å². The van der Waals surface area contributed by atoms with E-state index >= 15 is 0 Å². The number of rotatable bonds is 2. The van der Waals surface area contributed by atoms with Crippen molar-refractivity contribution >= 4 is 0 Å². The van der Waals surface area contributed by atoms with Crippen LogP contribution >= 0.6 is 0 Å². The molecule has 0 aromatic heterocycles. The number of aliphatic hydroxyl groups excluding tert-OH is 1. The molecule has 1 saturated heterocycles. The van der Waals surface area contributed by atoms with Crippen LogP contribution in [-0.4, -0.2) is 55.6 Å². The fraction of sp³-hybridized carbons (Fsp3) is 1.00. The van der Waals surface area contributed by atoms with E-state index in [0.717, 1.165) is 17.4 Å². The molecule has 1 aliphatic heterocycles. The zero-order valence-corrected chi connectivity index (χ0v) is 8.45. The van der Waals surface area contributed by atoms with Gasteiger partial charge in [-0.2, -0.15) is 0 Å². The summed E-state index contributed by atoms with van der Waals surface area (Å²) in [7, 11) is 6.41. The van der Waals surface area contributed by atoms with Crippen LogP contribution in [0.25, 0.3) is 0 Å². The number of hydrogen-bond donors (Lipinski definition) is 1. The van der Waals surface area contributed by atoms with Gasteiger partial charge in [-0.25, -0.2) is 0 Å². The summed E-state index contributed by atoms with van der Waals surface area (Å²) in [5, 5.41) is 9.43. The van der Waals surface area contributed by atoms with Gasteiger partial charge in [0.25, 0.3) is 0 Å². The minimum absolute atomic E-state index is 0.0153. The van der Waals surface area contributed by atoms with E-state index in [1.807, 2.05) is 6.92 Å². The summed E-state index contributed by atoms with van der Waals surface area (Å²) in [6.07, 6.45) is 0.773. The highest BCUT2D eigenvalue weighted by molar-refractivity contribution is 4.78. The fourth-order valence-electron chi connectivity index (χ4n) is 1.64. The van der Waals surface area contributed by atoms with Crippen LogP contribution in [-0.2, 0) is 4.74 Å². The normalized spacial score (nSPS) is 37.2. The first kappa shape index (κ1) is 9.96. The van der Waals surface area contributed by atoms with Gasteiger partial charge < -0.3 is 14.3 Å². The smallest absolute Gasteiger partial charge is 0.109 e. The van der Waals surface area contributed by atoms with Gasteiger partial charge in [0.2, 0.25) is 0 Å². The molecule has 0 spiro atoms. The third-order valence-corrected chi connectivity index (χ3v) is 2.20. The Labute approximate surface area is 74.5 Å². The number of nitrogens with zero attached hydrogens (tertiary/aromatic N) is 1. The number of ether oxygens (including phenoxy) is 1. The van der Waals surface area contributed by atoms with Crippen molar-refractivity contribution in [2.24, 2.45) is 0 Å². The van der Waals surface area contributed by atoms with Crippen molar-refractivity contribution in [3.05, 3.63) is 0 Å². The monoisotopic (exact) mass is 174 g/mol. The van der Waals surface area contributed by atoms with Gasteiger partial charge in [-0.05, 0) is 6.92 Å². The lowest BCUT2D eigenvalue weighted by molar-refractivity contribution is -0.873. The number of aliphatic hydroxyl groups is 1. The van der Waals surface area contributed by atoms with E-state index in [-0.39, 0.29) is 18.3 Å². The number of likely N-dealkylation sites (N-methyl/N-ethyl adjacent to an activating group) is 1. The summed E-state index contributed by atoms with van der Waals surface area (Å²) in [4.78, 5) is 0. The highest BCUT2D eigenvalue weighted by Crippen LogP contribution is 2.21. The second kappa shape index (κ2) is 3.32. The molecule has 0 saturated carbocycles. The average molecular weight is 174 g/mol. The Balaban J connectivity index is 2.38. The van der Waals surface area contributed by atoms with Crippen LogP contribution < -0.4 is 0 Å². The Hall–Kier alpha value is -0.120. The van der Waals surface area contributed by atoms with Crippen molar-refractivity contribution in [3.63, 3.8) is 0 Å². The summed E-state index contributed by atoms with van der Waals surface area (Å²) in [5.74, 6) is 0. The predicted octanol–water partition coefficient (Wildman–Crippen LogP) is 0.231. The molecule has 3 atom stereocenters. The predicted molar refractivity (Wildman–Crippen MR) is 47.9 cm³/mol. The van der Waals surface area contributed by atoms with Crippen molar-refractivity contribution in [1.29, 1.82) is 0 Å². The zero-order valence-electron chi connectivity index (χ0n) is 8.45. The summed E-state index contributed by atoms with van der Waals surface area (Å²) in [5.41, 5.74) is 0. The molecule has 1 rings (SSSR count). The van der Waals surface area contributed by atoms with Crippen molar-refractivity contribution in [1.82, 2.24) is 0 Å². The SMILES string of the molecule is C[C@@H]1O[C@@H](C[N+](C)(C)C)C[C@@H]1O. The zero-order chi connectivity index (χ0) is 9.35. The molecule has 3 heteroatoms. The lowest BCUT2D eigenvalue weighted by Crippen LogP contribution is -2.41. The molecule has 0 aromatic carbocycles. The van der Waals surface area contributed by atoms with E-state index in [1.165, 1.54) is 0 Å². The molecule has 1 heterocycles. The first-order valence-electron chi connectivity index (χ1n) is 4.52. The summed E-state index contributed by atoms with van der Waals surface area (Å²) in [6.45, 7) is 2.90. The summed E-state index contributed by atoms with van der Waals surface area (Å²) < 4.78 is 6.48. The molecule has 72 valence electrons. The van der Waals surface area contributed by atoms with Crippen molar-refractivity contribution in [3.8, 4) is 0 Å². The topological polar surface area (TPSA) is 29.5 Å². The second-order valence-corrected chi connectivity index (χ2v) is 4.74. The Kier molecular flexibility index (Phi) is 2.76. The van der Waals surface area contributed by atoms with Gasteiger partial charge >= 0.3 is 0 Å². The molecule has 0 radical (unpaired) electrons. The van der Waals surface area contributed by atoms with Crippen molar-refractivity contribution in [2.75, 3.05) is 27.7 Å². The molecule has 12 heavy (non-hydrogen) atoms. The lowest BCUT2D eigenvalue weighted by Gasteiger charge is -2.26. The molecule has 1 aliphatic rings. The summed E-state index contributed by atoms with van der Waals surface area (Å²) in [6, 6.07) is 0. The van der Waals surface area contributed by atoms with Gasteiger partial charge in [0.05, 0.1) is 33.4 Å². The van der Waals surface area contributed by atoms with Crippen LogP contribution in [0.4, 0.5) is 0 Å². The van der Waals surface area contributed by atoms with E-state index in [4.69, 9.17) is 4.74 Å². The molecule has 0 unspecified atom stereocenters. The molecule has 0 aliphatic carbocycles. The molecular weight excluding hydrogens is 154 g/mol. The molecule has 3 nitrogen and oxygen atoms in total. The number of hydrogen-bond acceptors (Lipinski definition) is 2. The standard InChI is InChI=1S/C9H20NO2/c1-7-9(11)5-8(12-7)6-10(2,3)4/h7-9,11H,5-6H2,1-4H3/q+1/t7-,8+,9-/m0/s1. The van der Waals surface area contributed by atoms with Gasteiger partial charge in [0.15, 0.2) is 0 Å². The van der Waals surface area contributed by atoms with E-state index in [0.29, 0.717) is 0 Å². The molecule has 0 amide bonds.